The molecule has 1 aromatic rings. The summed E-state index contributed by atoms with van der Waals surface area (Å²) >= 11 is 0. The van der Waals surface area contributed by atoms with Crippen molar-refractivity contribution in [2.45, 2.75) is 25.5 Å². The van der Waals surface area contributed by atoms with E-state index < -0.39 is 0 Å². The van der Waals surface area contributed by atoms with Gasteiger partial charge in [0.25, 0.3) is 0 Å². The Morgan fingerprint density at radius 2 is 2.31 bits per heavy atom. The highest BCUT2D eigenvalue weighted by Crippen LogP contribution is 2.34. The van der Waals surface area contributed by atoms with Gasteiger partial charge in [-0.2, -0.15) is 0 Å². The zero-order chi connectivity index (χ0) is 9.31. The van der Waals surface area contributed by atoms with Gasteiger partial charge in [-0.15, -0.1) is 0 Å². The first-order valence-corrected chi connectivity index (χ1v) is 4.29. The Morgan fingerprint density at radius 3 is 2.85 bits per heavy atom. The molecule has 0 saturated heterocycles. The van der Waals surface area contributed by atoms with Crippen molar-refractivity contribution in [3.8, 4) is 0 Å². The third-order valence-electron chi connectivity index (χ3n) is 2.23. The predicted molar refractivity (Wildman–Crippen MR) is 50.6 cm³/mol. The lowest BCUT2D eigenvalue weighted by atomic mass is 9.94. The molecule has 0 spiro atoms. The van der Waals surface area contributed by atoms with Crippen molar-refractivity contribution in [1.29, 1.82) is 0 Å². The van der Waals surface area contributed by atoms with Crippen LogP contribution >= 0.6 is 0 Å². The van der Waals surface area contributed by atoms with E-state index in [0.29, 0.717) is 0 Å². The number of ether oxygens (including phenoxy) is 1. The second-order valence-corrected chi connectivity index (χ2v) is 3.66. The van der Waals surface area contributed by atoms with Crippen molar-refractivity contribution in [1.82, 2.24) is 4.98 Å². The molecule has 68 valence electrons. The Labute approximate surface area is 77.5 Å². The molecule has 3 heteroatoms. The van der Waals surface area contributed by atoms with E-state index >= 15 is 0 Å². The van der Waals surface area contributed by atoms with Crippen LogP contribution in [0.2, 0.25) is 0 Å². The first-order chi connectivity index (χ1) is 6.20. The van der Waals surface area contributed by atoms with Gasteiger partial charge in [-0.05, 0) is 25.5 Å². The Hall–Kier alpha value is -1.38. The van der Waals surface area contributed by atoms with Crippen molar-refractivity contribution in [3.05, 3.63) is 30.1 Å². The number of hydrogen-bond acceptors (Lipinski definition) is 3. The van der Waals surface area contributed by atoms with Crippen LogP contribution in [0, 0.1) is 0 Å². The summed E-state index contributed by atoms with van der Waals surface area (Å²) in [6.07, 6.45) is 5.12. The van der Waals surface area contributed by atoms with Crippen molar-refractivity contribution in [3.63, 3.8) is 0 Å². The van der Waals surface area contributed by atoms with Gasteiger partial charge < -0.3 is 4.74 Å². The molecular formula is C10H12N2O. The summed E-state index contributed by atoms with van der Waals surface area (Å²) in [6, 6.07) is 4.01. The summed E-state index contributed by atoms with van der Waals surface area (Å²) in [5, 5.41) is 0. The van der Waals surface area contributed by atoms with E-state index in [9.17, 15) is 0 Å². The van der Waals surface area contributed by atoms with Gasteiger partial charge in [0.05, 0.1) is 0 Å². The molecule has 0 amide bonds. The van der Waals surface area contributed by atoms with Crippen LogP contribution in [0.15, 0.2) is 29.5 Å². The average molecular weight is 176 g/mol. The zero-order valence-electron chi connectivity index (χ0n) is 7.77. The molecule has 0 radical (unpaired) electrons. The minimum absolute atomic E-state index is 0.0706. The summed E-state index contributed by atoms with van der Waals surface area (Å²) in [7, 11) is 0. The van der Waals surface area contributed by atoms with E-state index in [4.69, 9.17) is 4.74 Å². The lowest BCUT2D eigenvalue weighted by molar-refractivity contribution is 0.103. The van der Waals surface area contributed by atoms with E-state index in [-0.39, 0.29) is 11.6 Å². The number of aromatic nitrogens is 1. The Kier molecular flexibility index (Phi) is 1.79. The molecule has 1 aromatic heterocycles. The highest BCUT2D eigenvalue weighted by molar-refractivity contribution is 5.52. The van der Waals surface area contributed by atoms with Gasteiger partial charge >= 0.3 is 0 Å². The van der Waals surface area contributed by atoms with Crippen LogP contribution in [0.3, 0.4) is 0 Å². The van der Waals surface area contributed by atoms with Crippen LogP contribution in [0.1, 0.15) is 25.5 Å². The molecule has 13 heavy (non-hydrogen) atoms. The topological polar surface area (TPSA) is 34.5 Å². The second-order valence-electron chi connectivity index (χ2n) is 3.66. The van der Waals surface area contributed by atoms with Crippen LogP contribution in [0.25, 0.3) is 0 Å². The standard InChI is InChI=1S/C10H12N2O/c1-10(2)9(12-7-13-10)8-4-3-5-11-6-8/h3-7,9H,1-2H3. The zero-order valence-corrected chi connectivity index (χ0v) is 7.77. The van der Waals surface area contributed by atoms with E-state index in [1.54, 1.807) is 6.20 Å². The molecule has 2 rings (SSSR count). The monoisotopic (exact) mass is 176 g/mol. The summed E-state index contributed by atoms with van der Waals surface area (Å²) in [6.45, 7) is 4.05. The third kappa shape index (κ3) is 1.41. The molecule has 0 N–H and O–H groups in total. The number of rotatable bonds is 1. The molecule has 0 bridgehead atoms. The Bertz CT molecular complexity index is 319. The van der Waals surface area contributed by atoms with E-state index in [0.717, 1.165) is 5.56 Å². The largest absolute Gasteiger partial charge is 0.475 e. The van der Waals surface area contributed by atoms with Crippen LogP contribution in [0.4, 0.5) is 0 Å². The summed E-state index contributed by atoms with van der Waals surface area (Å²) < 4.78 is 5.39. The van der Waals surface area contributed by atoms with Crippen molar-refractivity contribution in [2.24, 2.45) is 4.99 Å². The lowest BCUT2D eigenvalue weighted by Gasteiger charge is -2.23. The summed E-state index contributed by atoms with van der Waals surface area (Å²) in [5.41, 5.74) is 0.851. The number of hydrogen-bond donors (Lipinski definition) is 0. The fraction of sp³-hybridized carbons (Fsp3) is 0.400. The molecule has 0 fully saturated rings. The van der Waals surface area contributed by atoms with Crippen LogP contribution in [-0.4, -0.2) is 17.0 Å². The van der Waals surface area contributed by atoms with Gasteiger partial charge in [0.2, 0.25) is 0 Å². The first kappa shape index (κ1) is 8.23. The quantitative estimate of drug-likeness (QED) is 0.655. The maximum absolute atomic E-state index is 5.39. The predicted octanol–water partition coefficient (Wildman–Crippen LogP) is 1.96. The van der Waals surface area contributed by atoms with Gasteiger partial charge in [-0.3, -0.25) is 4.98 Å². The molecule has 3 nitrogen and oxygen atoms in total. The Morgan fingerprint density at radius 1 is 1.46 bits per heavy atom. The third-order valence-corrected chi connectivity index (χ3v) is 2.23. The summed E-state index contributed by atoms with van der Waals surface area (Å²) in [4.78, 5) is 8.34. The molecule has 1 unspecified atom stereocenters. The van der Waals surface area contributed by atoms with Gasteiger partial charge in [-0.25, -0.2) is 4.99 Å². The second kappa shape index (κ2) is 2.83. The van der Waals surface area contributed by atoms with Gasteiger partial charge in [0, 0.05) is 12.4 Å². The molecule has 0 aromatic carbocycles. The fourth-order valence-corrected chi connectivity index (χ4v) is 1.50. The van der Waals surface area contributed by atoms with E-state index in [1.807, 2.05) is 32.2 Å². The molecule has 0 aliphatic carbocycles. The number of pyridine rings is 1. The maximum atomic E-state index is 5.39. The first-order valence-electron chi connectivity index (χ1n) is 4.29. The molecule has 0 saturated carbocycles. The highest BCUT2D eigenvalue weighted by atomic mass is 16.5. The minimum atomic E-state index is -0.247. The molecule has 1 aliphatic rings. The summed E-state index contributed by atoms with van der Waals surface area (Å²) in [5.74, 6) is 0. The average Bonchev–Trinajstić information content (AvgIpc) is 2.47. The van der Waals surface area contributed by atoms with E-state index in [1.165, 1.54) is 6.40 Å². The van der Waals surface area contributed by atoms with Crippen LogP contribution in [0.5, 0.6) is 0 Å². The number of aliphatic imine (C=N–C) groups is 1. The van der Waals surface area contributed by atoms with Crippen LogP contribution in [-0.2, 0) is 4.74 Å². The smallest absolute Gasteiger partial charge is 0.171 e. The van der Waals surface area contributed by atoms with Crippen molar-refractivity contribution < 1.29 is 4.74 Å². The van der Waals surface area contributed by atoms with Gasteiger partial charge in [0.15, 0.2) is 6.40 Å². The minimum Gasteiger partial charge on any atom is -0.475 e. The van der Waals surface area contributed by atoms with Crippen molar-refractivity contribution in [2.75, 3.05) is 0 Å². The highest BCUT2D eigenvalue weighted by Gasteiger charge is 2.35. The van der Waals surface area contributed by atoms with Gasteiger partial charge in [-0.1, -0.05) is 6.07 Å². The fourth-order valence-electron chi connectivity index (χ4n) is 1.50. The van der Waals surface area contributed by atoms with Crippen LogP contribution < -0.4 is 0 Å². The van der Waals surface area contributed by atoms with Crippen molar-refractivity contribution >= 4 is 6.40 Å². The SMILES string of the molecule is CC1(C)OC=NC1c1cccnc1. The molecule has 2 heterocycles. The van der Waals surface area contributed by atoms with Gasteiger partial charge in [0.1, 0.15) is 11.6 Å². The maximum Gasteiger partial charge on any atom is 0.171 e. The Balaban J connectivity index is 2.32. The molecular weight excluding hydrogens is 164 g/mol. The lowest BCUT2D eigenvalue weighted by Crippen LogP contribution is -2.26. The number of nitrogens with zero attached hydrogens (tertiary/aromatic N) is 2. The van der Waals surface area contributed by atoms with E-state index in [2.05, 4.69) is 9.98 Å². The molecule has 1 aliphatic heterocycles. The molecule has 1 atom stereocenters. The normalized spacial score (nSPS) is 24.3.